The van der Waals surface area contributed by atoms with Gasteiger partial charge in [-0.15, -0.1) is 0 Å². The molecule has 1 saturated heterocycles. The molecule has 2 nitrogen and oxygen atoms in total. The highest BCUT2D eigenvalue weighted by Crippen LogP contribution is 2.33. The van der Waals surface area contributed by atoms with E-state index in [-0.39, 0.29) is 0 Å². The maximum atomic E-state index is 5.60. The number of nitrogens with one attached hydrogen (secondary N) is 1. The molecule has 3 heteroatoms. The van der Waals surface area contributed by atoms with E-state index >= 15 is 0 Å². The van der Waals surface area contributed by atoms with Crippen LogP contribution in [-0.2, 0) is 4.74 Å². The van der Waals surface area contributed by atoms with Crippen molar-refractivity contribution in [2.75, 3.05) is 37.8 Å². The van der Waals surface area contributed by atoms with Crippen molar-refractivity contribution in [1.29, 1.82) is 0 Å². The SMILES string of the molecule is CCSCCC1(CNCC(C)C)CCOC1. The first-order valence-electron chi connectivity index (χ1n) is 6.55. The average Bonchev–Trinajstić information content (AvgIpc) is 2.67. The smallest absolute Gasteiger partial charge is 0.0535 e. The van der Waals surface area contributed by atoms with Crippen LogP contribution in [0.25, 0.3) is 0 Å². The monoisotopic (exact) mass is 245 g/mol. The van der Waals surface area contributed by atoms with Gasteiger partial charge in [-0.1, -0.05) is 20.8 Å². The van der Waals surface area contributed by atoms with E-state index in [0.29, 0.717) is 5.41 Å². The van der Waals surface area contributed by atoms with Crippen LogP contribution in [0.3, 0.4) is 0 Å². The van der Waals surface area contributed by atoms with E-state index < -0.39 is 0 Å². The summed E-state index contributed by atoms with van der Waals surface area (Å²) in [5.74, 6) is 3.25. The van der Waals surface area contributed by atoms with Crippen LogP contribution in [0.1, 0.15) is 33.6 Å². The zero-order chi connectivity index (χ0) is 11.9. The van der Waals surface area contributed by atoms with Gasteiger partial charge >= 0.3 is 0 Å². The Labute approximate surface area is 105 Å². The molecular formula is C13H27NOS. The predicted octanol–water partition coefficient (Wildman–Crippen LogP) is 2.78. The van der Waals surface area contributed by atoms with Gasteiger partial charge in [-0.2, -0.15) is 11.8 Å². The molecule has 0 aromatic heterocycles. The fourth-order valence-electron chi connectivity index (χ4n) is 2.13. The highest BCUT2D eigenvalue weighted by atomic mass is 32.2. The Kier molecular flexibility index (Phi) is 6.78. The van der Waals surface area contributed by atoms with Crippen molar-refractivity contribution in [1.82, 2.24) is 5.32 Å². The lowest BCUT2D eigenvalue weighted by atomic mass is 9.84. The summed E-state index contributed by atoms with van der Waals surface area (Å²) in [4.78, 5) is 0. The molecule has 0 aliphatic carbocycles. The molecule has 1 fully saturated rings. The Balaban J connectivity index is 2.27. The Morgan fingerprint density at radius 1 is 1.44 bits per heavy atom. The van der Waals surface area contributed by atoms with Gasteiger partial charge in [0.15, 0.2) is 0 Å². The molecule has 1 unspecified atom stereocenters. The van der Waals surface area contributed by atoms with Crippen molar-refractivity contribution < 1.29 is 4.74 Å². The molecule has 16 heavy (non-hydrogen) atoms. The van der Waals surface area contributed by atoms with E-state index in [0.717, 1.165) is 32.2 Å². The van der Waals surface area contributed by atoms with Crippen molar-refractivity contribution in [3.05, 3.63) is 0 Å². The van der Waals surface area contributed by atoms with Gasteiger partial charge in [-0.25, -0.2) is 0 Å². The zero-order valence-corrected chi connectivity index (χ0v) is 11.9. The minimum absolute atomic E-state index is 0.428. The van der Waals surface area contributed by atoms with Crippen LogP contribution in [0.2, 0.25) is 0 Å². The summed E-state index contributed by atoms with van der Waals surface area (Å²) in [6, 6.07) is 0. The Bertz CT molecular complexity index is 179. The summed E-state index contributed by atoms with van der Waals surface area (Å²) in [6.07, 6.45) is 2.54. The minimum atomic E-state index is 0.428. The molecule has 0 aromatic rings. The van der Waals surface area contributed by atoms with Crippen LogP contribution >= 0.6 is 11.8 Å². The molecule has 96 valence electrons. The topological polar surface area (TPSA) is 21.3 Å². The van der Waals surface area contributed by atoms with Crippen LogP contribution in [0.4, 0.5) is 0 Å². The normalized spacial score (nSPS) is 25.5. The molecule has 1 aliphatic rings. The van der Waals surface area contributed by atoms with E-state index in [4.69, 9.17) is 4.74 Å². The van der Waals surface area contributed by atoms with Gasteiger partial charge in [0.1, 0.15) is 0 Å². The summed E-state index contributed by atoms with van der Waals surface area (Å²) in [5, 5.41) is 3.61. The quantitative estimate of drug-likeness (QED) is 0.664. The Morgan fingerprint density at radius 3 is 2.81 bits per heavy atom. The molecule has 0 amide bonds. The third-order valence-electron chi connectivity index (χ3n) is 3.22. The van der Waals surface area contributed by atoms with Crippen LogP contribution in [-0.4, -0.2) is 37.8 Å². The Morgan fingerprint density at radius 2 is 2.25 bits per heavy atom. The molecule has 1 N–H and O–H groups in total. The minimum Gasteiger partial charge on any atom is -0.381 e. The van der Waals surface area contributed by atoms with E-state index in [2.05, 4.69) is 26.1 Å². The molecule has 0 bridgehead atoms. The second-order valence-corrected chi connectivity index (χ2v) is 6.67. The maximum Gasteiger partial charge on any atom is 0.0535 e. The first-order valence-corrected chi connectivity index (χ1v) is 7.70. The highest BCUT2D eigenvalue weighted by molar-refractivity contribution is 7.99. The van der Waals surface area contributed by atoms with Crippen LogP contribution < -0.4 is 5.32 Å². The number of hydrogen-bond donors (Lipinski definition) is 1. The second kappa shape index (κ2) is 7.57. The van der Waals surface area contributed by atoms with Gasteiger partial charge in [0.05, 0.1) is 6.61 Å². The van der Waals surface area contributed by atoms with Gasteiger partial charge in [0, 0.05) is 18.6 Å². The summed E-state index contributed by atoms with van der Waals surface area (Å²) in [7, 11) is 0. The number of thioether (sulfide) groups is 1. The number of ether oxygens (including phenoxy) is 1. The van der Waals surface area contributed by atoms with Crippen molar-refractivity contribution in [2.24, 2.45) is 11.3 Å². The van der Waals surface area contributed by atoms with Crippen molar-refractivity contribution in [3.63, 3.8) is 0 Å². The van der Waals surface area contributed by atoms with Crippen molar-refractivity contribution in [3.8, 4) is 0 Å². The molecule has 0 radical (unpaired) electrons. The standard InChI is InChI=1S/C13H27NOS/c1-4-16-8-6-13(5-7-15-11-13)10-14-9-12(2)3/h12,14H,4-11H2,1-3H3. The molecule has 0 spiro atoms. The highest BCUT2D eigenvalue weighted by Gasteiger charge is 2.33. The summed E-state index contributed by atoms with van der Waals surface area (Å²) in [6.45, 7) is 10.9. The van der Waals surface area contributed by atoms with Gasteiger partial charge in [0.25, 0.3) is 0 Å². The van der Waals surface area contributed by atoms with E-state index in [1.165, 1.54) is 24.3 Å². The van der Waals surface area contributed by atoms with Gasteiger partial charge in [-0.05, 0) is 36.8 Å². The van der Waals surface area contributed by atoms with Crippen LogP contribution in [0.5, 0.6) is 0 Å². The number of hydrogen-bond acceptors (Lipinski definition) is 3. The summed E-state index contributed by atoms with van der Waals surface area (Å²) < 4.78 is 5.60. The fourth-order valence-corrected chi connectivity index (χ4v) is 3.00. The third-order valence-corrected chi connectivity index (χ3v) is 4.12. The molecule has 1 rings (SSSR count). The van der Waals surface area contributed by atoms with Gasteiger partial charge in [-0.3, -0.25) is 0 Å². The second-order valence-electron chi connectivity index (χ2n) is 5.27. The first-order chi connectivity index (χ1) is 7.68. The molecule has 0 aromatic carbocycles. The molecule has 0 saturated carbocycles. The van der Waals surface area contributed by atoms with Gasteiger partial charge < -0.3 is 10.1 Å². The summed E-state index contributed by atoms with van der Waals surface area (Å²) >= 11 is 2.05. The average molecular weight is 245 g/mol. The first kappa shape index (κ1) is 14.3. The lowest BCUT2D eigenvalue weighted by Crippen LogP contribution is -2.37. The van der Waals surface area contributed by atoms with Crippen LogP contribution in [0.15, 0.2) is 0 Å². The summed E-state index contributed by atoms with van der Waals surface area (Å²) in [5.41, 5.74) is 0.428. The lowest BCUT2D eigenvalue weighted by molar-refractivity contribution is 0.147. The molecular weight excluding hydrogens is 218 g/mol. The lowest BCUT2D eigenvalue weighted by Gasteiger charge is -2.28. The molecule has 1 atom stereocenters. The molecule has 1 aliphatic heterocycles. The Hall–Kier alpha value is 0.270. The van der Waals surface area contributed by atoms with E-state index in [1.807, 2.05) is 11.8 Å². The van der Waals surface area contributed by atoms with Crippen molar-refractivity contribution in [2.45, 2.75) is 33.6 Å². The maximum absolute atomic E-state index is 5.60. The number of rotatable bonds is 8. The molecule has 1 heterocycles. The van der Waals surface area contributed by atoms with Gasteiger partial charge in [0.2, 0.25) is 0 Å². The van der Waals surface area contributed by atoms with Crippen molar-refractivity contribution >= 4 is 11.8 Å². The van der Waals surface area contributed by atoms with E-state index in [1.54, 1.807) is 0 Å². The van der Waals surface area contributed by atoms with Crippen LogP contribution in [0, 0.1) is 11.3 Å². The predicted molar refractivity (Wildman–Crippen MR) is 73.2 cm³/mol. The largest absolute Gasteiger partial charge is 0.381 e. The fraction of sp³-hybridized carbons (Fsp3) is 1.00. The zero-order valence-electron chi connectivity index (χ0n) is 11.1. The third kappa shape index (κ3) is 5.07. The van der Waals surface area contributed by atoms with E-state index in [9.17, 15) is 0 Å².